The molecule has 0 radical (unpaired) electrons. The van der Waals surface area contributed by atoms with Crippen LogP contribution in [0.15, 0.2) is 0 Å². The number of aliphatic hydroxyl groups is 6. The van der Waals surface area contributed by atoms with Gasteiger partial charge in [-0.05, 0) is 0 Å². The number of nitrogens with one attached hydrogen (secondary N) is 2. The molecule has 0 spiro atoms. The maximum absolute atomic E-state index is 12.7. The third-order valence-electron chi connectivity index (χ3n) is 9.92. The minimum absolute atomic E-state index is 0.840. The Morgan fingerprint density at radius 1 is 0.532 bits per heavy atom. The van der Waals surface area contributed by atoms with Gasteiger partial charge in [0.1, 0.15) is 73.1 Å². The average molecular weight is 1300 g/mol. The quantitative estimate of drug-likeness (QED) is 0.0375. The number of hydrogen-bond donors (Lipinski definition) is 16. The normalized spacial score (nSPS) is 36.7. The zero-order valence-electron chi connectivity index (χ0n) is 37.1. The van der Waals surface area contributed by atoms with Crippen molar-refractivity contribution >= 4 is 111 Å². The molecule has 0 unspecified atom stereocenters. The summed E-state index contributed by atoms with van der Waals surface area (Å²) in [4.78, 5) is 46.0. The SMILES string of the molecule is CC(=O)N[C@@H]1[C@@H](O)[C@H](O[C@@H]2O[C@H](C(=O)O)[C@@H](O[C@@H]3O[C@H](CO)[C@@H](O[C@H]4O[C@@H](C(=O)O)[C@H](O)[C@@H](O)[C@@H]4OS(=O)(=O)O)[C@H](OS(=O)(=O)O)[C@H]3NS(=O)(=O)O)[C@H](O)[C@H]2OS(=O)(=O)O)[C@H](COS(=O)(=O)O)O[C@H]1O.O=C(O)C(Cl)(Cl)Cl. The largest absolute Gasteiger partial charge is 0.479 e. The number of ether oxygens (including phenoxy) is 7. The van der Waals surface area contributed by atoms with Gasteiger partial charge < -0.3 is 84.4 Å². The summed E-state index contributed by atoms with van der Waals surface area (Å²) >= 11 is 14.4. The zero-order chi connectivity index (χ0) is 59.5. The monoisotopic (exact) mass is 1300 g/mol. The fourth-order valence-corrected chi connectivity index (χ4v) is 9.43. The molecule has 0 aromatic rings. The molecular weight excluding hydrogens is 1250 g/mol. The first kappa shape index (κ1) is 68.9. The van der Waals surface area contributed by atoms with Gasteiger partial charge in [-0.15, -0.1) is 0 Å². The smallest absolute Gasteiger partial charge is 0.397 e. The second-order valence-corrected chi connectivity index (χ2v) is 23.1. The molecule has 0 saturated carbocycles. The zero-order valence-corrected chi connectivity index (χ0v) is 43.5. The Morgan fingerprint density at radius 2 is 0.974 bits per heavy atom. The highest BCUT2D eigenvalue weighted by atomic mass is 35.6. The first-order valence-electron chi connectivity index (χ1n) is 19.7. The number of aliphatic hydroxyl groups excluding tert-OH is 6. The van der Waals surface area contributed by atoms with E-state index in [0.29, 0.717) is 0 Å². The number of hydrogen-bond acceptors (Lipinski definition) is 31. The molecule has 49 heteroatoms. The lowest BCUT2D eigenvalue weighted by Gasteiger charge is -2.50. The van der Waals surface area contributed by atoms with Crippen LogP contribution in [0.4, 0.5) is 0 Å². The summed E-state index contributed by atoms with van der Waals surface area (Å²) in [6, 6.07) is -4.96. The number of halogens is 3. The standard InChI is InChI=1S/C26H42N2O37S5.C2HCl3O2/c1-4(30)27-7-9(31)13(6(56-23(7)39)3-55-67(43,44)45)58-26-19(65-70(52,53)54)12(34)16(20(62-26)22(37)38)60-24-8(28-66(40,41)42)15(63-68(46,47)48)14(5(2-29)57-24)59-25-18(64-69(49,50)51)11(33)10(32)17(61-25)21(35)36;3-2(4,5)1(6)7/h5-20,23-26,28-29,31-34,39H,2-3H2,1H3,(H,27,30)(H,35,36)(H,37,38)(H,40,41,42)(H,43,44,45)(H,46,47,48)(H,49,50,51)(H,52,53,54);(H,6,7)/t5-,6+,7-,8-,9-,10-,11-,12+,13-,14-,15-,16+,17-,18+,19-,20+,23-,24+,25+,26-;/m1./s1. The molecule has 4 heterocycles. The van der Waals surface area contributed by atoms with E-state index in [-0.39, 0.29) is 0 Å². The van der Waals surface area contributed by atoms with Crippen molar-refractivity contribution in [1.82, 2.24) is 10.0 Å². The molecule has 4 aliphatic rings. The lowest BCUT2D eigenvalue weighted by Crippen LogP contribution is -2.71. The van der Waals surface area contributed by atoms with Crippen molar-refractivity contribution in [1.29, 1.82) is 0 Å². The Hall–Kier alpha value is -2.42. The molecule has 0 aromatic heterocycles. The highest BCUT2D eigenvalue weighted by Crippen LogP contribution is 2.37. The van der Waals surface area contributed by atoms with Crippen LogP contribution in [-0.2, 0) is 121 Å². The summed E-state index contributed by atoms with van der Waals surface area (Å²) < 4.78 is 220. The van der Waals surface area contributed by atoms with Gasteiger partial charge in [-0.2, -0.15) is 46.8 Å². The summed E-state index contributed by atoms with van der Waals surface area (Å²) in [5.41, 5.74) is 0. The Balaban J connectivity index is 0.00000208. The van der Waals surface area contributed by atoms with Gasteiger partial charge in [-0.25, -0.2) is 31.1 Å². The molecule has 4 fully saturated rings. The molecule has 20 atom stereocenters. The van der Waals surface area contributed by atoms with Crippen LogP contribution < -0.4 is 10.0 Å². The summed E-state index contributed by atoms with van der Waals surface area (Å²) in [6.45, 7) is -2.24. The van der Waals surface area contributed by atoms with Crippen LogP contribution in [0.2, 0.25) is 0 Å². The molecule has 450 valence electrons. The van der Waals surface area contributed by atoms with Crippen LogP contribution in [-0.4, -0.2) is 274 Å². The average Bonchev–Trinajstić information content (AvgIpc) is 3.23. The fourth-order valence-electron chi connectivity index (χ4n) is 7.05. The van der Waals surface area contributed by atoms with Crippen molar-refractivity contribution < 1.29 is 180 Å². The van der Waals surface area contributed by atoms with E-state index in [1.165, 1.54) is 4.72 Å². The maximum atomic E-state index is 12.7. The molecule has 41 nitrogen and oxygen atoms in total. The van der Waals surface area contributed by atoms with Gasteiger partial charge in [0.2, 0.25) is 5.91 Å². The number of carbonyl (C=O) groups excluding carboxylic acids is 1. The fraction of sp³-hybridized carbons (Fsp3) is 0.857. The number of aliphatic carboxylic acids is 3. The van der Waals surface area contributed by atoms with E-state index in [4.69, 9.17) is 77.6 Å². The summed E-state index contributed by atoms with van der Waals surface area (Å²) in [6.07, 6.45) is -49.1. The molecule has 77 heavy (non-hydrogen) atoms. The number of rotatable bonds is 21. The Labute approximate surface area is 445 Å². The summed E-state index contributed by atoms with van der Waals surface area (Å²) in [5, 5.41) is 93.8. The molecule has 4 aliphatic heterocycles. The van der Waals surface area contributed by atoms with Crippen LogP contribution in [0.3, 0.4) is 0 Å². The van der Waals surface area contributed by atoms with Crippen molar-refractivity contribution in [2.75, 3.05) is 13.2 Å². The topological polar surface area (TPSA) is 648 Å². The van der Waals surface area contributed by atoms with Crippen molar-refractivity contribution in [3.63, 3.8) is 0 Å². The van der Waals surface area contributed by atoms with Crippen LogP contribution in [0, 0.1) is 0 Å². The lowest BCUT2D eigenvalue weighted by molar-refractivity contribution is -0.366. The van der Waals surface area contributed by atoms with E-state index < -0.39 is 215 Å². The van der Waals surface area contributed by atoms with Crippen LogP contribution >= 0.6 is 34.8 Å². The Bertz CT molecular complexity index is 2660. The van der Waals surface area contributed by atoms with Crippen LogP contribution in [0.5, 0.6) is 0 Å². The van der Waals surface area contributed by atoms with Crippen LogP contribution in [0.1, 0.15) is 6.92 Å². The minimum atomic E-state index is -6.09. The predicted octanol–water partition coefficient (Wildman–Crippen LogP) is -9.27. The van der Waals surface area contributed by atoms with Crippen molar-refractivity contribution in [2.45, 2.75) is 133 Å². The number of carboxylic acids is 3. The molecule has 4 saturated heterocycles. The second kappa shape index (κ2) is 26.7. The second-order valence-electron chi connectivity index (χ2n) is 15.4. The van der Waals surface area contributed by atoms with E-state index in [9.17, 15) is 120 Å². The molecule has 0 bridgehead atoms. The van der Waals surface area contributed by atoms with Gasteiger partial charge in [0.05, 0.1) is 13.2 Å². The summed E-state index contributed by atoms with van der Waals surface area (Å²) in [7, 11) is -29.1. The van der Waals surface area contributed by atoms with E-state index >= 15 is 0 Å². The van der Waals surface area contributed by atoms with Gasteiger partial charge in [-0.1, -0.05) is 34.8 Å². The third kappa shape index (κ3) is 20.5. The van der Waals surface area contributed by atoms with Crippen LogP contribution in [0.25, 0.3) is 0 Å². The number of amides is 1. The molecule has 0 aliphatic carbocycles. The summed E-state index contributed by atoms with van der Waals surface area (Å²) in [5.74, 6) is -6.95. The van der Waals surface area contributed by atoms with E-state index in [0.717, 1.165) is 6.92 Å². The number of carboxylic acid groups (broad SMARTS) is 3. The number of carbonyl (C=O) groups is 4. The molecule has 0 aromatic carbocycles. The van der Waals surface area contributed by atoms with Gasteiger partial charge in [0, 0.05) is 6.92 Å². The molecule has 16 N–H and O–H groups in total. The van der Waals surface area contributed by atoms with Gasteiger partial charge in [-0.3, -0.25) is 27.6 Å². The third-order valence-corrected chi connectivity index (χ3v) is 12.8. The van der Waals surface area contributed by atoms with Crippen molar-refractivity contribution in [2.24, 2.45) is 0 Å². The van der Waals surface area contributed by atoms with E-state index in [1.807, 2.05) is 5.32 Å². The first-order chi connectivity index (χ1) is 34.8. The van der Waals surface area contributed by atoms with Gasteiger partial charge in [0.25, 0.3) is 3.79 Å². The van der Waals surface area contributed by atoms with E-state index in [1.54, 1.807) is 0 Å². The maximum Gasteiger partial charge on any atom is 0.397 e. The Kier molecular flexibility index (Phi) is 23.8. The highest BCUT2D eigenvalue weighted by Gasteiger charge is 2.60. The van der Waals surface area contributed by atoms with Crippen molar-refractivity contribution in [3.05, 3.63) is 0 Å². The van der Waals surface area contributed by atoms with Gasteiger partial charge in [0.15, 0.2) is 49.6 Å². The predicted molar refractivity (Wildman–Crippen MR) is 229 cm³/mol. The molecule has 4 rings (SSSR count). The Morgan fingerprint density at radius 3 is 1.39 bits per heavy atom. The lowest BCUT2D eigenvalue weighted by atomic mass is 9.94. The van der Waals surface area contributed by atoms with Gasteiger partial charge >= 0.3 is 69.8 Å². The first-order valence-corrected chi connectivity index (χ1v) is 27.7. The number of alkyl halides is 3. The van der Waals surface area contributed by atoms with E-state index in [2.05, 4.69) is 16.7 Å². The molecule has 1 amide bonds. The minimum Gasteiger partial charge on any atom is -0.479 e. The van der Waals surface area contributed by atoms with Crippen molar-refractivity contribution in [3.8, 4) is 0 Å². The highest BCUT2D eigenvalue weighted by molar-refractivity contribution is 7.83. The molecular formula is C28H43Cl3N2O39S5.